The summed E-state index contributed by atoms with van der Waals surface area (Å²) in [6.45, 7) is 0.548. The Morgan fingerprint density at radius 2 is 1.60 bits per heavy atom. The molecule has 1 aliphatic rings. The minimum atomic E-state index is -0.366. The number of fused-ring (bicyclic) bond motifs is 2. The van der Waals surface area contributed by atoms with E-state index in [1.54, 1.807) is 22.7 Å². The highest BCUT2D eigenvalue weighted by Gasteiger charge is 2.18. The highest BCUT2D eigenvalue weighted by Crippen LogP contribution is 2.18. The number of carbonyl (C=O) groups is 1. The van der Waals surface area contributed by atoms with Gasteiger partial charge in [-0.3, -0.25) is 14.0 Å². The van der Waals surface area contributed by atoms with E-state index in [1.807, 2.05) is 22.9 Å². The second-order valence-corrected chi connectivity index (χ2v) is 7.68. The van der Waals surface area contributed by atoms with E-state index in [0.29, 0.717) is 23.4 Å². The first kappa shape index (κ1) is 18.5. The van der Waals surface area contributed by atoms with E-state index >= 15 is 0 Å². The maximum atomic E-state index is 13.1. The van der Waals surface area contributed by atoms with E-state index in [4.69, 9.17) is 4.98 Å². The van der Waals surface area contributed by atoms with Gasteiger partial charge in [0.25, 0.3) is 5.56 Å². The summed E-state index contributed by atoms with van der Waals surface area (Å²) in [7, 11) is 0. The number of benzene rings is 2. The first-order valence-corrected chi connectivity index (χ1v) is 10.1. The molecule has 0 unspecified atom stereocenters. The third-order valence-corrected chi connectivity index (χ3v) is 5.69. The fourth-order valence-corrected chi connectivity index (χ4v) is 4.05. The zero-order valence-corrected chi connectivity index (χ0v) is 16.3. The van der Waals surface area contributed by atoms with Gasteiger partial charge in [0, 0.05) is 29.1 Å². The van der Waals surface area contributed by atoms with Crippen LogP contribution in [0.3, 0.4) is 0 Å². The third-order valence-electron chi connectivity index (χ3n) is 5.69. The SMILES string of the molecule is O=C(c1ccc(F)cc1)c1ccc(Cn2ccn3c(=O)c4c(nc23)CCCC4)cc1. The predicted octanol–water partition coefficient (Wildman–Crippen LogP) is 3.79. The van der Waals surface area contributed by atoms with Gasteiger partial charge in [0.15, 0.2) is 5.78 Å². The minimum absolute atomic E-state index is 0.0358. The lowest BCUT2D eigenvalue weighted by Gasteiger charge is -2.14. The number of aromatic nitrogens is 3. The predicted molar refractivity (Wildman–Crippen MR) is 111 cm³/mol. The average molecular weight is 401 g/mol. The molecule has 0 bridgehead atoms. The smallest absolute Gasteiger partial charge is 0.262 e. The molecule has 2 aromatic heterocycles. The molecular formula is C24H20FN3O2. The van der Waals surface area contributed by atoms with Gasteiger partial charge in [0.1, 0.15) is 5.82 Å². The van der Waals surface area contributed by atoms with Crippen molar-refractivity contribution in [1.29, 1.82) is 0 Å². The van der Waals surface area contributed by atoms with Crippen LogP contribution in [0, 0.1) is 5.82 Å². The van der Waals surface area contributed by atoms with Crippen molar-refractivity contribution in [2.45, 2.75) is 32.2 Å². The van der Waals surface area contributed by atoms with Gasteiger partial charge in [-0.1, -0.05) is 24.3 Å². The summed E-state index contributed by atoms with van der Waals surface area (Å²) in [6, 6.07) is 12.9. The Balaban J connectivity index is 1.42. The lowest BCUT2D eigenvalue weighted by molar-refractivity contribution is 0.103. The Morgan fingerprint density at radius 3 is 2.33 bits per heavy atom. The summed E-state index contributed by atoms with van der Waals surface area (Å²) >= 11 is 0. The number of hydrogen-bond donors (Lipinski definition) is 0. The summed E-state index contributed by atoms with van der Waals surface area (Å²) in [5.41, 5.74) is 3.80. The van der Waals surface area contributed by atoms with Gasteiger partial charge >= 0.3 is 0 Å². The molecule has 0 saturated heterocycles. The fraction of sp³-hybridized carbons (Fsp3) is 0.208. The Bertz CT molecular complexity index is 1300. The maximum Gasteiger partial charge on any atom is 0.262 e. The molecule has 6 heteroatoms. The molecule has 0 N–H and O–H groups in total. The summed E-state index contributed by atoms with van der Waals surface area (Å²) < 4.78 is 16.6. The van der Waals surface area contributed by atoms with Crippen molar-refractivity contribution in [1.82, 2.24) is 14.0 Å². The molecule has 150 valence electrons. The zero-order valence-electron chi connectivity index (χ0n) is 16.3. The van der Waals surface area contributed by atoms with Gasteiger partial charge in [0.05, 0.1) is 12.2 Å². The van der Waals surface area contributed by atoms with E-state index in [9.17, 15) is 14.0 Å². The highest BCUT2D eigenvalue weighted by molar-refractivity contribution is 6.08. The number of nitrogens with zero attached hydrogens (tertiary/aromatic N) is 3. The quantitative estimate of drug-likeness (QED) is 0.489. The van der Waals surface area contributed by atoms with Crippen molar-refractivity contribution in [2.24, 2.45) is 0 Å². The van der Waals surface area contributed by atoms with Crippen LogP contribution in [0.15, 0.2) is 65.7 Å². The van der Waals surface area contributed by atoms with Crippen molar-refractivity contribution in [3.05, 3.63) is 105 Å². The average Bonchev–Trinajstić information content (AvgIpc) is 3.17. The maximum absolute atomic E-state index is 13.1. The summed E-state index contributed by atoms with van der Waals surface area (Å²) in [4.78, 5) is 30.1. The number of ketones is 1. The number of carbonyl (C=O) groups excluding carboxylic acids is 1. The van der Waals surface area contributed by atoms with Crippen LogP contribution in [-0.4, -0.2) is 19.7 Å². The largest absolute Gasteiger partial charge is 0.312 e. The lowest BCUT2D eigenvalue weighted by atomic mass is 9.97. The monoisotopic (exact) mass is 401 g/mol. The highest BCUT2D eigenvalue weighted by atomic mass is 19.1. The Labute approximate surface area is 172 Å². The van der Waals surface area contributed by atoms with Crippen molar-refractivity contribution >= 4 is 11.6 Å². The normalized spacial score (nSPS) is 13.4. The molecule has 0 fully saturated rings. The molecule has 2 aromatic carbocycles. The molecule has 0 amide bonds. The summed E-state index contributed by atoms with van der Waals surface area (Å²) in [6.07, 6.45) is 7.41. The van der Waals surface area contributed by atoms with Gasteiger partial charge in [0.2, 0.25) is 5.78 Å². The van der Waals surface area contributed by atoms with E-state index in [1.165, 1.54) is 24.3 Å². The third kappa shape index (κ3) is 3.24. The molecule has 0 atom stereocenters. The number of halogens is 1. The topological polar surface area (TPSA) is 56.4 Å². The molecule has 0 radical (unpaired) electrons. The molecule has 0 spiro atoms. The second kappa shape index (κ2) is 7.37. The Hall–Kier alpha value is -3.54. The van der Waals surface area contributed by atoms with Gasteiger partial charge in [-0.15, -0.1) is 0 Å². The van der Waals surface area contributed by atoms with Crippen molar-refractivity contribution in [3.63, 3.8) is 0 Å². The molecular weight excluding hydrogens is 381 g/mol. The van der Waals surface area contributed by atoms with Crippen molar-refractivity contribution < 1.29 is 9.18 Å². The van der Waals surface area contributed by atoms with Crippen LogP contribution >= 0.6 is 0 Å². The molecule has 0 saturated carbocycles. The molecule has 4 aromatic rings. The van der Waals surface area contributed by atoms with Crippen LogP contribution in [0.4, 0.5) is 4.39 Å². The number of imidazole rings is 1. The van der Waals surface area contributed by atoms with E-state index in [2.05, 4.69) is 0 Å². The number of hydrogen-bond acceptors (Lipinski definition) is 3. The number of aryl methyl sites for hydroxylation is 1. The van der Waals surface area contributed by atoms with Gasteiger partial charge in [-0.05, 0) is 55.5 Å². The van der Waals surface area contributed by atoms with Crippen LogP contribution in [0.25, 0.3) is 5.78 Å². The fourth-order valence-electron chi connectivity index (χ4n) is 4.05. The molecule has 5 nitrogen and oxygen atoms in total. The van der Waals surface area contributed by atoms with Gasteiger partial charge < -0.3 is 4.57 Å². The minimum Gasteiger partial charge on any atom is -0.312 e. The van der Waals surface area contributed by atoms with Crippen LogP contribution < -0.4 is 5.56 Å². The summed E-state index contributed by atoms with van der Waals surface area (Å²) in [5.74, 6) is 0.134. The second-order valence-electron chi connectivity index (χ2n) is 7.68. The van der Waals surface area contributed by atoms with Gasteiger partial charge in [-0.2, -0.15) is 0 Å². The van der Waals surface area contributed by atoms with Crippen LogP contribution in [0.1, 0.15) is 45.6 Å². The van der Waals surface area contributed by atoms with E-state index < -0.39 is 0 Å². The molecule has 2 heterocycles. The van der Waals surface area contributed by atoms with E-state index in [0.717, 1.165) is 42.5 Å². The summed E-state index contributed by atoms with van der Waals surface area (Å²) in [5, 5.41) is 0. The van der Waals surface area contributed by atoms with Crippen LogP contribution in [-0.2, 0) is 19.4 Å². The number of rotatable bonds is 4. The van der Waals surface area contributed by atoms with Crippen molar-refractivity contribution in [2.75, 3.05) is 0 Å². The van der Waals surface area contributed by atoms with Crippen LogP contribution in [0.5, 0.6) is 0 Å². The first-order valence-electron chi connectivity index (χ1n) is 10.1. The Morgan fingerprint density at radius 1 is 0.933 bits per heavy atom. The molecule has 30 heavy (non-hydrogen) atoms. The van der Waals surface area contributed by atoms with Gasteiger partial charge in [-0.25, -0.2) is 9.37 Å². The molecule has 1 aliphatic carbocycles. The first-order chi connectivity index (χ1) is 14.6. The van der Waals surface area contributed by atoms with Crippen LogP contribution in [0.2, 0.25) is 0 Å². The lowest BCUT2D eigenvalue weighted by Crippen LogP contribution is -2.24. The van der Waals surface area contributed by atoms with E-state index in [-0.39, 0.29) is 17.2 Å². The zero-order chi connectivity index (χ0) is 20.7. The Kier molecular flexibility index (Phi) is 4.54. The standard InChI is InChI=1S/C24H20FN3O2/c25-19-11-9-18(10-12-19)22(29)17-7-5-16(6-8-17)15-27-13-14-28-23(30)20-3-1-2-4-21(20)26-24(27)28/h5-14H,1-4,15H2. The molecule has 5 rings (SSSR count). The molecule has 0 aliphatic heterocycles. The van der Waals surface area contributed by atoms with Crippen molar-refractivity contribution in [3.8, 4) is 0 Å².